The van der Waals surface area contributed by atoms with Crippen LogP contribution < -0.4 is 26.1 Å². The SMILES string of the molecule is CC(C)(C)c1cc(-n2cnc3ccccc32)nc2c1Oc1ccnc3c1B2c1nc(-n2cnc4ccccc42)cc(C(C)(C)C)c1O3. The normalized spacial score (nSPS) is 13.6. The van der Waals surface area contributed by atoms with Gasteiger partial charge in [0.1, 0.15) is 41.5 Å². The molecule has 0 atom stereocenters. The first-order valence-electron chi connectivity index (χ1n) is 15.9. The van der Waals surface area contributed by atoms with Crippen molar-refractivity contribution in [2.24, 2.45) is 0 Å². The van der Waals surface area contributed by atoms with Crippen molar-refractivity contribution in [3.63, 3.8) is 0 Å². The maximum atomic E-state index is 6.76. The van der Waals surface area contributed by atoms with Gasteiger partial charge >= 0.3 is 6.71 Å². The quantitative estimate of drug-likeness (QED) is 0.224. The van der Waals surface area contributed by atoms with Crippen LogP contribution in [0.2, 0.25) is 0 Å². The Kier molecular flexibility index (Phi) is 5.62. The summed E-state index contributed by atoms with van der Waals surface area (Å²) in [6, 6.07) is 22.4. The van der Waals surface area contributed by atoms with Gasteiger partial charge in [0.25, 0.3) is 0 Å². The van der Waals surface area contributed by atoms with E-state index in [4.69, 9.17) is 24.4 Å². The van der Waals surface area contributed by atoms with E-state index in [0.717, 1.165) is 67.2 Å². The molecule has 9 nitrogen and oxygen atoms in total. The zero-order valence-corrected chi connectivity index (χ0v) is 27.1. The number of hydrogen-bond acceptors (Lipinski definition) is 7. The highest BCUT2D eigenvalue weighted by Gasteiger charge is 2.47. The number of ether oxygens (including phenoxy) is 2. The first-order valence-corrected chi connectivity index (χ1v) is 15.9. The average molecular weight is 618 g/mol. The summed E-state index contributed by atoms with van der Waals surface area (Å²) in [6.45, 7) is 12.8. The van der Waals surface area contributed by atoms with Gasteiger partial charge in [-0.1, -0.05) is 65.8 Å². The summed E-state index contributed by atoms with van der Waals surface area (Å²) >= 11 is 0. The van der Waals surface area contributed by atoms with Gasteiger partial charge in [-0.3, -0.25) is 9.13 Å². The molecule has 0 bridgehead atoms. The molecule has 7 heterocycles. The van der Waals surface area contributed by atoms with E-state index in [0.29, 0.717) is 17.4 Å². The van der Waals surface area contributed by atoms with E-state index in [-0.39, 0.29) is 10.8 Å². The summed E-state index contributed by atoms with van der Waals surface area (Å²) in [5.41, 5.74) is 7.67. The third-order valence-corrected chi connectivity index (χ3v) is 9.15. The van der Waals surface area contributed by atoms with Crippen LogP contribution in [0.1, 0.15) is 52.7 Å². The predicted molar refractivity (Wildman–Crippen MR) is 184 cm³/mol. The van der Waals surface area contributed by atoms with Gasteiger partial charge in [0, 0.05) is 22.8 Å². The van der Waals surface area contributed by atoms with Crippen LogP contribution in [0.5, 0.6) is 23.1 Å². The summed E-state index contributed by atoms with van der Waals surface area (Å²) in [5, 5.41) is 0. The fraction of sp³-hybridized carbons (Fsp3) is 0.216. The number of rotatable bonds is 2. The van der Waals surface area contributed by atoms with Crippen LogP contribution in [0.15, 0.2) is 85.6 Å². The molecule has 0 amide bonds. The van der Waals surface area contributed by atoms with Crippen molar-refractivity contribution in [1.29, 1.82) is 0 Å². The number of aromatic nitrogens is 7. The number of nitrogens with zero attached hydrogens (tertiary/aromatic N) is 7. The van der Waals surface area contributed by atoms with Gasteiger partial charge < -0.3 is 9.47 Å². The van der Waals surface area contributed by atoms with Gasteiger partial charge in [-0.2, -0.15) is 0 Å². The molecule has 2 aromatic carbocycles. The van der Waals surface area contributed by atoms with E-state index < -0.39 is 6.71 Å². The van der Waals surface area contributed by atoms with Crippen LogP contribution in [0.4, 0.5) is 0 Å². The molecule has 0 spiro atoms. The van der Waals surface area contributed by atoms with E-state index in [1.165, 1.54) is 0 Å². The van der Waals surface area contributed by atoms with Crippen molar-refractivity contribution in [1.82, 2.24) is 34.1 Å². The van der Waals surface area contributed by atoms with Crippen molar-refractivity contribution in [3.05, 3.63) is 96.7 Å². The molecule has 10 heteroatoms. The molecule has 0 saturated heterocycles. The molecule has 0 N–H and O–H groups in total. The zero-order chi connectivity index (χ0) is 32.2. The second-order valence-corrected chi connectivity index (χ2v) is 14.4. The fourth-order valence-electron chi connectivity index (χ4n) is 6.81. The molecule has 2 aliphatic rings. The van der Waals surface area contributed by atoms with Gasteiger partial charge in [0.05, 0.1) is 33.3 Å². The molecule has 0 radical (unpaired) electrons. The Bertz CT molecular complexity index is 2250. The molecule has 0 aliphatic carbocycles. The van der Waals surface area contributed by atoms with E-state index in [1.54, 1.807) is 6.20 Å². The number of pyridine rings is 3. The third-order valence-electron chi connectivity index (χ3n) is 9.15. The van der Waals surface area contributed by atoms with Crippen LogP contribution in [0.3, 0.4) is 0 Å². The monoisotopic (exact) mass is 617 g/mol. The Balaban J connectivity index is 1.37. The first kappa shape index (κ1) is 27.8. The van der Waals surface area contributed by atoms with Crippen molar-refractivity contribution in [2.45, 2.75) is 52.4 Å². The minimum absolute atomic E-state index is 0.263. The minimum atomic E-state index is -0.395. The summed E-state index contributed by atoms with van der Waals surface area (Å²) in [5.74, 6) is 4.19. The number of hydrogen-bond donors (Lipinski definition) is 0. The summed E-state index contributed by atoms with van der Waals surface area (Å²) in [6.07, 6.45) is 5.42. The van der Waals surface area contributed by atoms with E-state index in [2.05, 4.69) is 75.8 Å². The highest BCUT2D eigenvalue weighted by molar-refractivity contribution is 6.97. The Morgan fingerprint density at radius 1 is 0.617 bits per heavy atom. The van der Waals surface area contributed by atoms with Crippen LogP contribution in [-0.4, -0.2) is 40.8 Å². The maximum absolute atomic E-state index is 6.76. The van der Waals surface area contributed by atoms with Crippen molar-refractivity contribution in [2.75, 3.05) is 0 Å². The summed E-state index contributed by atoms with van der Waals surface area (Å²) in [4.78, 5) is 24.9. The lowest BCUT2D eigenvalue weighted by Crippen LogP contribution is -2.60. The standard InChI is InChI=1S/C37H32BN7O2/c1-36(2,3)21-17-28(44-19-40-23-11-7-9-13-25(23)44)42-33-31(21)46-27-15-16-39-35-30(27)38(33)34-32(47-35)22(37(4,5)6)18-29(43-34)45-20-41-24-12-8-10-14-26(24)45/h7-20H,1-6H3. The summed E-state index contributed by atoms with van der Waals surface area (Å²) < 4.78 is 17.6. The van der Waals surface area contributed by atoms with Crippen LogP contribution >= 0.6 is 0 Å². The smallest absolute Gasteiger partial charge is 0.309 e. The highest BCUT2D eigenvalue weighted by Crippen LogP contribution is 2.41. The highest BCUT2D eigenvalue weighted by atomic mass is 16.5. The van der Waals surface area contributed by atoms with Crippen LogP contribution in [0.25, 0.3) is 33.7 Å². The summed E-state index contributed by atoms with van der Waals surface area (Å²) in [7, 11) is 0. The van der Waals surface area contributed by atoms with Gasteiger partial charge in [-0.15, -0.1) is 0 Å². The van der Waals surface area contributed by atoms with Crippen LogP contribution in [0, 0.1) is 0 Å². The number of imidazole rings is 2. The zero-order valence-electron chi connectivity index (χ0n) is 27.1. The number of fused-ring (bicyclic) bond motifs is 6. The first-order chi connectivity index (χ1) is 22.6. The Morgan fingerprint density at radius 3 is 1.66 bits per heavy atom. The minimum Gasteiger partial charge on any atom is -0.456 e. The second-order valence-electron chi connectivity index (χ2n) is 14.4. The Labute approximate surface area is 272 Å². The lowest BCUT2D eigenvalue weighted by molar-refractivity contribution is 0.427. The molecule has 9 rings (SSSR count). The molecule has 2 aliphatic heterocycles. The van der Waals surface area contributed by atoms with Crippen LogP contribution in [-0.2, 0) is 10.8 Å². The average Bonchev–Trinajstić information content (AvgIpc) is 3.68. The third kappa shape index (κ3) is 4.13. The van der Waals surface area contributed by atoms with E-state index >= 15 is 0 Å². The topological polar surface area (TPSA) is 92.8 Å². The lowest BCUT2D eigenvalue weighted by atomic mass is 9.38. The number of benzene rings is 2. The van der Waals surface area contributed by atoms with Gasteiger partial charge in [0.2, 0.25) is 5.88 Å². The largest absolute Gasteiger partial charge is 0.456 e. The van der Waals surface area contributed by atoms with E-state index in [9.17, 15) is 0 Å². The molecule has 5 aromatic heterocycles. The lowest BCUT2D eigenvalue weighted by Gasteiger charge is -2.36. The van der Waals surface area contributed by atoms with E-state index in [1.807, 2.05) is 64.3 Å². The molecule has 47 heavy (non-hydrogen) atoms. The number of para-hydroxylation sites is 4. The van der Waals surface area contributed by atoms with Gasteiger partial charge in [-0.25, -0.2) is 24.9 Å². The molecule has 0 unspecified atom stereocenters. The van der Waals surface area contributed by atoms with Crippen molar-refractivity contribution in [3.8, 4) is 34.8 Å². The Morgan fingerprint density at radius 2 is 1.13 bits per heavy atom. The fourth-order valence-corrected chi connectivity index (χ4v) is 6.81. The van der Waals surface area contributed by atoms with Crippen molar-refractivity contribution < 1.29 is 9.47 Å². The molecule has 0 saturated carbocycles. The molecule has 7 aromatic rings. The molecular formula is C37H32BN7O2. The maximum Gasteiger partial charge on any atom is 0.309 e. The molecule has 230 valence electrons. The van der Waals surface area contributed by atoms with Crippen molar-refractivity contribution >= 4 is 45.4 Å². The predicted octanol–water partition coefficient (Wildman–Crippen LogP) is 5.87. The van der Waals surface area contributed by atoms with Gasteiger partial charge in [0.15, 0.2) is 0 Å². The molecular weight excluding hydrogens is 585 g/mol. The van der Waals surface area contributed by atoms with Gasteiger partial charge in [-0.05, 0) is 53.3 Å². The molecule has 0 fully saturated rings. The Hall–Kier alpha value is -5.51. The second kappa shape index (κ2) is 9.51.